The van der Waals surface area contributed by atoms with Gasteiger partial charge in [-0.2, -0.15) is 13.2 Å². The van der Waals surface area contributed by atoms with Crippen molar-refractivity contribution in [3.8, 4) is 5.75 Å². The number of alkyl halides is 3. The summed E-state index contributed by atoms with van der Waals surface area (Å²) in [5, 5.41) is 12.9. The molecule has 3 nitrogen and oxygen atoms in total. The van der Waals surface area contributed by atoms with E-state index in [4.69, 9.17) is 11.6 Å². The topological polar surface area (TPSA) is 45.1 Å². The van der Waals surface area contributed by atoms with Gasteiger partial charge in [0.2, 0.25) is 0 Å². The molecule has 7 heteroatoms. The van der Waals surface area contributed by atoms with E-state index in [-0.39, 0.29) is 12.3 Å². The molecule has 0 radical (unpaired) electrons. The number of phenolic OH excluding ortho intramolecular Hbond substituents is 1. The van der Waals surface area contributed by atoms with Crippen LogP contribution in [-0.2, 0) is 12.7 Å². The minimum Gasteiger partial charge on any atom is -0.508 e. The summed E-state index contributed by atoms with van der Waals surface area (Å²) in [6, 6.07) is 6.84. The quantitative estimate of drug-likeness (QED) is 0.898. The highest BCUT2D eigenvalue weighted by molar-refractivity contribution is 6.31. The van der Waals surface area contributed by atoms with E-state index in [1.807, 2.05) is 0 Å². The van der Waals surface area contributed by atoms with Gasteiger partial charge in [-0.1, -0.05) is 17.7 Å². The number of nitrogens with one attached hydrogen (secondary N) is 1. The van der Waals surface area contributed by atoms with Crippen molar-refractivity contribution < 1.29 is 18.3 Å². The molecule has 1 aromatic heterocycles. The lowest BCUT2D eigenvalue weighted by atomic mass is 10.2. The number of aromatic nitrogens is 1. The summed E-state index contributed by atoms with van der Waals surface area (Å²) in [6.45, 7) is 0.179. The molecule has 0 unspecified atom stereocenters. The van der Waals surface area contributed by atoms with Crippen molar-refractivity contribution in [3.63, 3.8) is 0 Å². The van der Waals surface area contributed by atoms with Crippen LogP contribution in [0.25, 0.3) is 0 Å². The Morgan fingerprint density at radius 3 is 2.50 bits per heavy atom. The first-order chi connectivity index (χ1) is 9.38. The molecule has 20 heavy (non-hydrogen) atoms. The second kappa shape index (κ2) is 5.58. The van der Waals surface area contributed by atoms with Crippen molar-refractivity contribution in [3.05, 3.63) is 52.8 Å². The molecule has 0 saturated heterocycles. The Balaban J connectivity index is 2.08. The van der Waals surface area contributed by atoms with E-state index in [2.05, 4.69) is 10.3 Å². The zero-order valence-corrected chi connectivity index (χ0v) is 10.8. The third-order valence-electron chi connectivity index (χ3n) is 2.62. The third kappa shape index (κ3) is 3.33. The molecule has 2 N–H and O–H groups in total. The Hall–Kier alpha value is -1.95. The van der Waals surface area contributed by atoms with Crippen LogP contribution in [0, 0.1) is 0 Å². The van der Waals surface area contributed by atoms with Crippen molar-refractivity contribution in [1.82, 2.24) is 4.98 Å². The molecule has 1 aromatic carbocycles. The Kier molecular flexibility index (Phi) is 4.04. The maximum Gasteiger partial charge on any atom is 0.433 e. The van der Waals surface area contributed by atoms with Gasteiger partial charge in [0.25, 0.3) is 0 Å². The summed E-state index contributed by atoms with van der Waals surface area (Å²) in [6.07, 6.45) is -3.38. The molecule has 0 aliphatic carbocycles. The van der Waals surface area contributed by atoms with E-state index < -0.39 is 11.9 Å². The second-order valence-corrected chi connectivity index (χ2v) is 4.43. The predicted octanol–water partition coefficient (Wildman–Crippen LogP) is 4.07. The molecule has 0 spiro atoms. The minimum absolute atomic E-state index is 0.0184. The molecule has 2 aromatic rings. The summed E-state index contributed by atoms with van der Waals surface area (Å²) in [5.41, 5.74) is -0.0879. The zero-order chi connectivity index (χ0) is 14.8. The van der Waals surface area contributed by atoms with E-state index in [0.717, 1.165) is 12.3 Å². The predicted molar refractivity (Wildman–Crippen MR) is 69.7 cm³/mol. The van der Waals surface area contributed by atoms with Crippen molar-refractivity contribution in [2.45, 2.75) is 12.7 Å². The van der Waals surface area contributed by atoms with Gasteiger partial charge in [-0.15, -0.1) is 0 Å². The fourth-order valence-corrected chi connectivity index (χ4v) is 1.82. The molecule has 106 valence electrons. The summed E-state index contributed by atoms with van der Waals surface area (Å²) in [4.78, 5) is 3.32. The average Bonchev–Trinajstić information content (AvgIpc) is 2.37. The van der Waals surface area contributed by atoms with Crippen LogP contribution >= 0.6 is 11.6 Å². The zero-order valence-electron chi connectivity index (χ0n) is 10.1. The van der Waals surface area contributed by atoms with Crippen molar-refractivity contribution in [2.24, 2.45) is 0 Å². The van der Waals surface area contributed by atoms with Gasteiger partial charge < -0.3 is 10.4 Å². The molecule has 0 saturated carbocycles. The fraction of sp³-hybridized carbons (Fsp3) is 0.154. The first-order valence-electron chi connectivity index (χ1n) is 5.61. The highest BCUT2D eigenvalue weighted by atomic mass is 35.5. The number of halogens is 4. The number of pyridine rings is 1. The van der Waals surface area contributed by atoms with Crippen molar-refractivity contribution in [1.29, 1.82) is 0 Å². The minimum atomic E-state index is -4.46. The van der Waals surface area contributed by atoms with Crippen LogP contribution in [0.15, 0.2) is 36.5 Å². The average molecular weight is 303 g/mol. The Morgan fingerprint density at radius 2 is 1.95 bits per heavy atom. The van der Waals surface area contributed by atoms with Gasteiger partial charge in [0.05, 0.1) is 11.9 Å². The molecule has 0 fully saturated rings. The van der Waals surface area contributed by atoms with Crippen molar-refractivity contribution in [2.75, 3.05) is 5.32 Å². The number of benzene rings is 1. The van der Waals surface area contributed by atoms with E-state index in [0.29, 0.717) is 16.3 Å². The highest BCUT2D eigenvalue weighted by Crippen LogP contribution is 2.29. The first-order valence-corrected chi connectivity index (χ1v) is 5.99. The van der Waals surface area contributed by atoms with E-state index in [1.54, 1.807) is 12.1 Å². The van der Waals surface area contributed by atoms with Crippen LogP contribution in [-0.4, -0.2) is 10.1 Å². The maximum atomic E-state index is 12.3. The van der Waals surface area contributed by atoms with Crippen LogP contribution in [0.3, 0.4) is 0 Å². The standard InChI is InChI=1S/C13H10ClF3N2O/c14-10-2-1-3-11(20)9(10)7-18-8-4-5-12(19-6-8)13(15,16)17/h1-6,18,20H,7H2. The smallest absolute Gasteiger partial charge is 0.433 e. The van der Waals surface area contributed by atoms with Gasteiger partial charge in [-0.25, -0.2) is 4.98 Å². The molecule has 2 rings (SSSR count). The van der Waals surface area contributed by atoms with Crippen molar-refractivity contribution >= 4 is 17.3 Å². The Morgan fingerprint density at radius 1 is 1.20 bits per heavy atom. The van der Waals surface area contributed by atoms with Crippen LogP contribution in [0.2, 0.25) is 5.02 Å². The van der Waals surface area contributed by atoms with Gasteiger partial charge in [-0.05, 0) is 24.3 Å². The molecule has 0 atom stereocenters. The van der Waals surface area contributed by atoms with Crippen LogP contribution in [0.4, 0.5) is 18.9 Å². The number of rotatable bonds is 3. The lowest BCUT2D eigenvalue weighted by molar-refractivity contribution is -0.141. The number of aromatic hydroxyl groups is 1. The number of hydrogen-bond acceptors (Lipinski definition) is 3. The summed E-state index contributed by atoms with van der Waals surface area (Å²) < 4.78 is 37.0. The lowest BCUT2D eigenvalue weighted by Gasteiger charge is -2.10. The van der Waals surface area contributed by atoms with E-state index in [1.165, 1.54) is 12.1 Å². The Labute approximate surface area is 118 Å². The largest absolute Gasteiger partial charge is 0.508 e. The van der Waals surface area contributed by atoms with Gasteiger partial charge in [-0.3, -0.25) is 0 Å². The van der Waals surface area contributed by atoms with Gasteiger partial charge >= 0.3 is 6.18 Å². The molecule has 1 heterocycles. The SMILES string of the molecule is Oc1cccc(Cl)c1CNc1ccc(C(F)(F)F)nc1. The highest BCUT2D eigenvalue weighted by Gasteiger charge is 2.31. The molecule has 0 aliphatic heterocycles. The lowest BCUT2D eigenvalue weighted by Crippen LogP contribution is -2.08. The number of nitrogens with zero attached hydrogens (tertiary/aromatic N) is 1. The van der Waals surface area contributed by atoms with Gasteiger partial charge in [0.15, 0.2) is 0 Å². The normalized spacial score (nSPS) is 11.4. The van der Waals surface area contributed by atoms with Crippen LogP contribution in [0.1, 0.15) is 11.3 Å². The van der Waals surface area contributed by atoms with E-state index >= 15 is 0 Å². The van der Waals surface area contributed by atoms with Crippen LogP contribution in [0.5, 0.6) is 5.75 Å². The molecular weight excluding hydrogens is 293 g/mol. The van der Waals surface area contributed by atoms with Gasteiger partial charge in [0.1, 0.15) is 11.4 Å². The second-order valence-electron chi connectivity index (χ2n) is 4.02. The molecule has 0 amide bonds. The molecule has 0 aliphatic rings. The van der Waals surface area contributed by atoms with Gasteiger partial charge in [0, 0.05) is 17.1 Å². The molecular formula is C13H10ClF3N2O. The summed E-state index contributed by atoms with van der Waals surface area (Å²) in [5.74, 6) is 0.0184. The summed E-state index contributed by atoms with van der Waals surface area (Å²) >= 11 is 5.92. The monoisotopic (exact) mass is 302 g/mol. The Bertz CT molecular complexity index is 579. The number of phenols is 1. The number of hydrogen-bond donors (Lipinski definition) is 2. The third-order valence-corrected chi connectivity index (χ3v) is 2.97. The number of anilines is 1. The first kappa shape index (κ1) is 14.5. The maximum absolute atomic E-state index is 12.3. The van der Waals surface area contributed by atoms with Crippen LogP contribution < -0.4 is 5.32 Å². The summed E-state index contributed by atoms with van der Waals surface area (Å²) in [7, 11) is 0. The fourth-order valence-electron chi connectivity index (χ4n) is 1.58. The van der Waals surface area contributed by atoms with E-state index in [9.17, 15) is 18.3 Å². The molecule has 0 bridgehead atoms.